The summed E-state index contributed by atoms with van der Waals surface area (Å²) in [6.07, 6.45) is 10.6. The summed E-state index contributed by atoms with van der Waals surface area (Å²) in [5, 5.41) is 6.34. The normalized spacial score (nSPS) is 18.6. The van der Waals surface area contributed by atoms with Gasteiger partial charge in [0.1, 0.15) is 0 Å². The lowest BCUT2D eigenvalue weighted by molar-refractivity contribution is 0.253. The van der Waals surface area contributed by atoms with Gasteiger partial charge in [0.05, 0.1) is 0 Å². The first-order valence-corrected chi connectivity index (χ1v) is 7.34. The fourth-order valence-electron chi connectivity index (χ4n) is 3.16. The maximum Gasteiger partial charge on any atom is 0.0346 e. The SMILES string of the molecule is CC1(NCc2cccc3cnccc23)CCCCC1. The van der Waals surface area contributed by atoms with Gasteiger partial charge in [0, 0.05) is 29.9 Å². The maximum atomic E-state index is 4.20. The topological polar surface area (TPSA) is 24.9 Å². The molecule has 100 valence electrons. The van der Waals surface area contributed by atoms with Gasteiger partial charge >= 0.3 is 0 Å². The number of rotatable bonds is 3. The van der Waals surface area contributed by atoms with Crippen LogP contribution in [0.4, 0.5) is 0 Å². The van der Waals surface area contributed by atoms with Crippen molar-refractivity contribution in [1.29, 1.82) is 0 Å². The van der Waals surface area contributed by atoms with Gasteiger partial charge in [-0.05, 0) is 36.8 Å². The van der Waals surface area contributed by atoms with Crippen molar-refractivity contribution in [2.24, 2.45) is 0 Å². The summed E-state index contributed by atoms with van der Waals surface area (Å²) in [6, 6.07) is 8.61. The van der Waals surface area contributed by atoms with Crippen LogP contribution >= 0.6 is 0 Å². The molecule has 0 radical (unpaired) electrons. The number of aromatic nitrogens is 1. The average molecular weight is 254 g/mol. The summed E-state index contributed by atoms with van der Waals surface area (Å²) in [5.74, 6) is 0. The van der Waals surface area contributed by atoms with E-state index < -0.39 is 0 Å². The molecule has 1 saturated carbocycles. The number of hydrogen-bond donors (Lipinski definition) is 1. The molecule has 3 rings (SSSR count). The van der Waals surface area contributed by atoms with E-state index in [-0.39, 0.29) is 0 Å². The lowest BCUT2D eigenvalue weighted by atomic mass is 9.83. The minimum absolute atomic E-state index is 0.327. The Kier molecular flexibility index (Phi) is 3.52. The molecule has 2 heteroatoms. The number of nitrogens with zero attached hydrogens (tertiary/aromatic N) is 1. The summed E-state index contributed by atoms with van der Waals surface area (Å²) < 4.78 is 0. The predicted molar refractivity (Wildman–Crippen MR) is 80.1 cm³/mol. The van der Waals surface area contributed by atoms with E-state index in [2.05, 4.69) is 41.5 Å². The number of hydrogen-bond acceptors (Lipinski definition) is 2. The van der Waals surface area contributed by atoms with Crippen LogP contribution in [0.2, 0.25) is 0 Å². The molecule has 0 unspecified atom stereocenters. The van der Waals surface area contributed by atoms with Gasteiger partial charge in [-0.3, -0.25) is 4.98 Å². The molecule has 1 aromatic heterocycles. The lowest BCUT2D eigenvalue weighted by Crippen LogP contribution is -2.43. The van der Waals surface area contributed by atoms with Crippen molar-refractivity contribution in [3.05, 3.63) is 42.2 Å². The van der Waals surface area contributed by atoms with E-state index in [0.717, 1.165) is 6.54 Å². The van der Waals surface area contributed by atoms with Crippen molar-refractivity contribution in [1.82, 2.24) is 10.3 Å². The second kappa shape index (κ2) is 5.30. The highest BCUT2D eigenvalue weighted by Gasteiger charge is 2.25. The molecule has 0 spiro atoms. The Morgan fingerprint density at radius 2 is 2.00 bits per heavy atom. The first kappa shape index (κ1) is 12.6. The van der Waals surface area contributed by atoms with Crippen molar-refractivity contribution in [3.63, 3.8) is 0 Å². The summed E-state index contributed by atoms with van der Waals surface area (Å²) in [6.45, 7) is 3.33. The molecule has 19 heavy (non-hydrogen) atoms. The van der Waals surface area contributed by atoms with E-state index in [9.17, 15) is 0 Å². The van der Waals surface area contributed by atoms with Crippen molar-refractivity contribution in [3.8, 4) is 0 Å². The van der Waals surface area contributed by atoms with Crippen LogP contribution in [0.5, 0.6) is 0 Å². The Bertz CT molecular complexity index is 551. The smallest absolute Gasteiger partial charge is 0.0346 e. The van der Waals surface area contributed by atoms with Crippen LogP contribution in [0.1, 0.15) is 44.6 Å². The quantitative estimate of drug-likeness (QED) is 0.894. The minimum Gasteiger partial charge on any atom is -0.307 e. The Balaban J connectivity index is 1.78. The van der Waals surface area contributed by atoms with Crippen LogP contribution < -0.4 is 5.32 Å². The Morgan fingerprint density at radius 3 is 2.84 bits per heavy atom. The largest absolute Gasteiger partial charge is 0.307 e. The number of pyridine rings is 1. The van der Waals surface area contributed by atoms with Crippen molar-refractivity contribution >= 4 is 10.8 Å². The van der Waals surface area contributed by atoms with E-state index in [0.29, 0.717) is 5.54 Å². The third kappa shape index (κ3) is 2.79. The van der Waals surface area contributed by atoms with Gasteiger partial charge in [0.25, 0.3) is 0 Å². The highest BCUT2D eigenvalue weighted by atomic mass is 15.0. The number of benzene rings is 1. The fraction of sp³-hybridized carbons (Fsp3) is 0.471. The zero-order valence-corrected chi connectivity index (χ0v) is 11.7. The molecule has 2 aromatic rings. The zero-order chi connectivity index (χ0) is 13.1. The van der Waals surface area contributed by atoms with Gasteiger partial charge in [0.15, 0.2) is 0 Å². The van der Waals surface area contributed by atoms with Crippen molar-refractivity contribution in [2.75, 3.05) is 0 Å². The molecule has 0 bridgehead atoms. The van der Waals surface area contributed by atoms with Crippen LogP contribution in [-0.4, -0.2) is 10.5 Å². The first-order valence-electron chi connectivity index (χ1n) is 7.34. The molecule has 0 atom stereocenters. The molecular weight excluding hydrogens is 232 g/mol. The van der Waals surface area contributed by atoms with Crippen molar-refractivity contribution < 1.29 is 0 Å². The second-order valence-electron chi connectivity index (χ2n) is 5.99. The molecule has 1 N–H and O–H groups in total. The van der Waals surface area contributed by atoms with Crippen LogP contribution in [0, 0.1) is 0 Å². The second-order valence-corrected chi connectivity index (χ2v) is 5.99. The average Bonchev–Trinajstić information content (AvgIpc) is 2.46. The molecule has 1 aliphatic carbocycles. The standard InChI is InChI=1S/C17H22N2/c1-17(9-3-2-4-10-17)19-13-15-7-5-6-14-12-18-11-8-16(14)15/h5-8,11-12,19H,2-4,9-10,13H2,1H3. The minimum atomic E-state index is 0.327. The summed E-state index contributed by atoms with van der Waals surface area (Å²) >= 11 is 0. The summed E-state index contributed by atoms with van der Waals surface area (Å²) in [4.78, 5) is 4.20. The van der Waals surface area contributed by atoms with E-state index in [1.807, 2.05) is 12.4 Å². The molecule has 1 heterocycles. The zero-order valence-electron chi connectivity index (χ0n) is 11.7. The number of fused-ring (bicyclic) bond motifs is 1. The maximum absolute atomic E-state index is 4.20. The predicted octanol–water partition coefficient (Wildman–Crippen LogP) is 4.05. The fourth-order valence-corrected chi connectivity index (χ4v) is 3.16. The third-order valence-corrected chi connectivity index (χ3v) is 4.43. The molecule has 0 saturated heterocycles. The van der Waals surface area contributed by atoms with Gasteiger partial charge in [-0.15, -0.1) is 0 Å². The highest BCUT2D eigenvalue weighted by Crippen LogP contribution is 2.28. The van der Waals surface area contributed by atoms with Crippen LogP contribution in [0.25, 0.3) is 10.8 Å². The lowest BCUT2D eigenvalue weighted by Gasteiger charge is -2.35. The molecule has 2 nitrogen and oxygen atoms in total. The summed E-state index contributed by atoms with van der Waals surface area (Å²) in [7, 11) is 0. The molecule has 0 aliphatic heterocycles. The van der Waals surface area contributed by atoms with Crippen LogP contribution in [0.3, 0.4) is 0 Å². The molecular formula is C17H22N2. The summed E-state index contributed by atoms with van der Waals surface area (Å²) in [5.41, 5.74) is 1.71. The van der Waals surface area contributed by atoms with Gasteiger partial charge in [-0.25, -0.2) is 0 Å². The van der Waals surface area contributed by atoms with Gasteiger partial charge in [-0.2, -0.15) is 0 Å². The van der Waals surface area contributed by atoms with E-state index in [1.165, 1.54) is 48.4 Å². The van der Waals surface area contributed by atoms with Crippen LogP contribution in [0.15, 0.2) is 36.7 Å². The Labute approximate surface area is 115 Å². The highest BCUT2D eigenvalue weighted by molar-refractivity contribution is 5.84. The van der Waals surface area contributed by atoms with Gasteiger partial charge in [-0.1, -0.05) is 37.5 Å². The van der Waals surface area contributed by atoms with E-state index >= 15 is 0 Å². The van der Waals surface area contributed by atoms with Crippen LogP contribution in [-0.2, 0) is 6.54 Å². The number of nitrogens with one attached hydrogen (secondary N) is 1. The molecule has 1 aromatic carbocycles. The first-order chi connectivity index (χ1) is 9.27. The van der Waals surface area contributed by atoms with E-state index in [4.69, 9.17) is 0 Å². The molecule has 0 amide bonds. The third-order valence-electron chi connectivity index (χ3n) is 4.43. The van der Waals surface area contributed by atoms with Gasteiger partial charge < -0.3 is 5.32 Å². The molecule has 1 fully saturated rings. The molecule has 1 aliphatic rings. The van der Waals surface area contributed by atoms with Gasteiger partial charge in [0.2, 0.25) is 0 Å². The van der Waals surface area contributed by atoms with Crippen molar-refractivity contribution in [2.45, 2.75) is 51.1 Å². The van der Waals surface area contributed by atoms with E-state index in [1.54, 1.807) is 0 Å². The Morgan fingerprint density at radius 1 is 1.16 bits per heavy atom. The monoisotopic (exact) mass is 254 g/mol. The Hall–Kier alpha value is -1.41.